The largest absolute Gasteiger partial charge is 0.247 e. The fraction of sp³-hybridized carbons (Fsp3) is 0.163. The summed E-state index contributed by atoms with van der Waals surface area (Å²) >= 11 is 0. The van der Waals surface area contributed by atoms with Crippen molar-refractivity contribution in [1.29, 1.82) is 0 Å². The summed E-state index contributed by atoms with van der Waals surface area (Å²) in [6.45, 7) is 13.8. The first-order valence-corrected chi connectivity index (χ1v) is 18.2. The van der Waals surface area contributed by atoms with E-state index in [-0.39, 0.29) is 17.5 Å². The van der Waals surface area contributed by atoms with Gasteiger partial charge in [-0.1, -0.05) is 210 Å². The second kappa shape index (κ2) is 12.7. The first kappa shape index (κ1) is 32.7. The molecule has 0 aliphatic carbocycles. The van der Waals surface area contributed by atoms with E-state index < -0.39 is 0 Å². The summed E-state index contributed by atoms with van der Waals surface area (Å²) in [4.78, 5) is 5.17. The number of benzene rings is 7. The molecule has 0 fully saturated rings. The maximum atomic E-state index is 5.17. The van der Waals surface area contributed by atoms with Gasteiger partial charge in [0.2, 0.25) is 6.71 Å². The molecule has 0 saturated carbocycles. The Hall–Kier alpha value is -5.47. The van der Waals surface area contributed by atoms with E-state index in [1.165, 1.54) is 65.6 Å². The number of hydrogen-bond donors (Lipinski definition) is 0. The van der Waals surface area contributed by atoms with Crippen LogP contribution in [0.15, 0.2) is 158 Å². The molecule has 0 bridgehead atoms. The summed E-state index contributed by atoms with van der Waals surface area (Å²) in [7, 11) is 0. The molecule has 51 heavy (non-hydrogen) atoms. The van der Waals surface area contributed by atoms with Crippen LogP contribution in [0, 0.1) is 0 Å². The van der Waals surface area contributed by atoms with Gasteiger partial charge in [-0.2, -0.15) is 0 Å². The van der Waals surface area contributed by atoms with Crippen molar-refractivity contribution in [3.05, 3.63) is 169 Å². The first-order valence-electron chi connectivity index (χ1n) is 18.2. The van der Waals surface area contributed by atoms with Gasteiger partial charge in [0, 0.05) is 21.7 Å². The topological polar surface area (TPSA) is 12.9 Å². The fourth-order valence-corrected chi connectivity index (χ4v) is 7.66. The van der Waals surface area contributed by atoms with Gasteiger partial charge in [0.05, 0.1) is 11.2 Å². The van der Waals surface area contributed by atoms with Crippen molar-refractivity contribution in [3.63, 3.8) is 0 Å². The Balaban J connectivity index is 1.25. The van der Waals surface area contributed by atoms with Crippen LogP contribution >= 0.6 is 0 Å². The Morgan fingerprint density at radius 2 is 0.902 bits per heavy atom. The van der Waals surface area contributed by atoms with E-state index in [4.69, 9.17) is 4.98 Å². The highest BCUT2D eigenvalue weighted by Gasteiger charge is 2.24. The molecule has 0 amide bonds. The number of aromatic nitrogens is 1. The molecular formula is C49H44BN. The fourth-order valence-electron chi connectivity index (χ4n) is 7.66. The quantitative estimate of drug-likeness (QED) is 0.133. The summed E-state index contributed by atoms with van der Waals surface area (Å²) in [6.07, 6.45) is 0. The zero-order valence-electron chi connectivity index (χ0n) is 30.5. The Bertz CT molecular complexity index is 2440. The van der Waals surface area contributed by atoms with Crippen LogP contribution in [0.2, 0.25) is 0 Å². The summed E-state index contributed by atoms with van der Waals surface area (Å²) < 4.78 is 0. The number of hydrogen-bond acceptors (Lipinski definition) is 1. The van der Waals surface area contributed by atoms with Gasteiger partial charge >= 0.3 is 0 Å². The molecule has 0 saturated heterocycles. The smallest absolute Gasteiger partial charge is 0.241 e. The van der Waals surface area contributed by atoms with Crippen molar-refractivity contribution in [2.75, 3.05) is 0 Å². The second-order valence-corrected chi connectivity index (χ2v) is 16.0. The lowest BCUT2D eigenvalue weighted by Gasteiger charge is -2.23. The average Bonchev–Trinajstić information content (AvgIpc) is 3.14. The van der Waals surface area contributed by atoms with Crippen LogP contribution in [0.5, 0.6) is 0 Å². The van der Waals surface area contributed by atoms with Gasteiger partial charge in [-0.05, 0) is 49.9 Å². The van der Waals surface area contributed by atoms with Gasteiger partial charge < -0.3 is 0 Å². The lowest BCUT2D eigenvalue weighted by molar-refractivity contribution is 0.590. The first-order chi connectivity index (χ1) is 24.6. The molecule has 8 aromatic rings. The minimum atomic E-state index is 0.111. The molecule has 0 aliphatic rings. The van der Waals surface area contributed by atoms with Gasteiger partial charge in [0.25, 0.3) is 0 Å². The van der Waals surface area contributed by atoms with Crippen LogP contribution in [0.1, 0.15) is 52.7 Å². The Morgan fingerprint density at radius 3 is 1.49 bits per heavy atom. The van der Waals surface area contributed by atoms with E-state index in [0.717, 1.165) is 16.8 Å². The monoisotopic (exact) mass is 657 g/mol. The van der Waals surface area contributed by atoms with Crippen molar-refractivity contribution in [2.45, 2.75) is 52.4 Å². The number of para-hydroxylation sites is 1. The highest BCUT2D eigenvalue weighted by atomic mass is 14.7. The Morgan fingerprint density at radius 1 is 0.392 bits per heavy atom. The molecule has 1 nitrogen and oxygen atoms in total. The molecule has 2 heteroatoms. The maximum Gasteiger partial charge on any atom is 0.241 e. The average molecular weight is 658 g/mol. The minimum Gasteiger partial charge on any atom is -0.247 e. The molecule has 8 rings (SSSR count). The number of rotatable bonds is 5. The standard InChI is InChI=1S/C49H44BN/c1-48(2,3)35-21-27-38(28-22-35)50(39-29-23-36(24-30-39)49(4,5)6)37-25-19-33(20-26-37)40-16-12-17-42-41(40)31-32-44-46(42)43-15-10-11-18-45(43)51-47(44)34-13-8-7-9-14-34/h7-32H,1-6H3. The van der Waals surface area contributed by atoms with E-state index in [2.05, 4.69) is 199 Å². The summed E-state index contributed by atoms with van der Waals surface area (Å²) in [5.74, 6) is 0. The molecular weight excluding hydrogens is 613 g/mol. The van der Waals surface area contributed by atoms with Crippen LogP contribution in [0.4, 0.5) is 0 Å². The molecule has 0 aliphatic heterocycles. The van der Waals surface area contributed by atoms with Gasteiger partial charge in [-0.3, -0.25) is 0 Å². The Kier molecular flexibility index (Phi) is 8.15. The molecule has 0 radical (unpaired) electrons. The van der Waals surface area contributed by atoms with Crippen LogP contribution in [-0.4, -0.2) is 11.7 Å². The van der Waals surface area contributed by atoms with Crippen molar-refractivity contribution < 1.29 is 0 Å². The molecule has 0 N–H and O–H groups in total. The van der Waals surface area contributed by atoms with E-state index >= 15 is 0 Å². The summed E-state index contributed by atoms with van der Waals surface area (Å²) in [5, 5.41) is 6.12. The molecule has 248 valence electrons. The second-order valence-electron chi connectivity index (χ2n) is 16.0. The zero-order chi connectivity index (χ0) is 35.3. The SMILES string of the molecule is CC(C)(C)c1ccc(B(c2ccc(-c3cccc4c3ccc3c(-c5ccccc5)nc5ccccc5c34)cc2)c2ccc(C(C)(C)C)cc2)cc1. The third kappa shape index (κ3) is 6.14. The lowest BCUT2D eigenvalue weighted by atomic mass is 9.36. The number of fused-ring (bicyclic) bond motifs is 5. The third-order valence-electron chi connectivity index (χ3n) is 10.5. The molecule has 0 spiro atoms. The normalized spacial score (nSPS) is 12.1. The number of nitrogens with zero attached hydrogens (tertiary/aromatic N) is 1. The maximum absolute atomic E-state index is 5.17. The van der Waals surface area contributed by atoms with Gasteiger partial charge in [-0.25, -0.2) is 4.98 Å². The molecule has 0 atom stereocenters. The molecule has 1 heterocycles. The van der Waals surface area contributed by atoms with Crippen LogP contribution in [-0.2, 0) is 10.8 Å². The van der Waals surface area contributed by atoms with Gasteiger partial charge in [0.1, 0.15) is 0 Å². The molecule has 0 unspecified atom stereocenters. The molecule has 1 aromatic heterocycles. The lowest BCUT2D eigenvalue weighted by Crippen LogP contribution is -2.52. The van der Waals surface area contributed by atoms with E-state index in [1.807, 2.05) is 0 Å². The van der Waals surface area contributed by atoms with Crippen molar-refractivity contribution >= 4 is 55.5 Å². The summed E-state index contributed by atoms with van der Waals surface area (Å²) in [5.41, 5.74) is 12.5. The number of pyridine rings is 1. The third-order valence-corrected chi connectivity index (χ3v) is 10.5. The summed E-state index contributed by atoms with van der Waals surface area (Å²) in [6, 6.07) is 58.3. The van der Waals surface area contributed by atoms with Crippen molar-refractivity contribution in [3.8, 4) is 22.4 Å². The van der Waals surface area contributed by atoms with Crippen molar-refractivity contribution in [2.24, 2.45) is 0 Å². The van der Waals surface area contributed by atoms with Gasteiger partial charge in [0.15, 0.2) is 0 Å². The van der Waals surface area contributed by atoms with Crippen LogP contribution in [0.25, 0.3) is 54.8 Å². The van der Waals surface area contributed by atoms with Crippen molar-refractivity contribution in [1.82, 2.24) is 4.98 Å². The van der Waals surface area contributed by atoms with E-state index in [0.29, 0.717) is 0 Å². The zero-order valence-corrected chi connectivity index (χ0v) is 30.5. The van der Waals surface area contributed by atoms with Crippen LogP contribution in [0.3, 0.4) is 0 Å². The van der Waals surface area contributed by atoms with Gasteiger partial charge in [-0.15, -0.1) is 0 Å². The predicted octanol–water partition coefficient (Wildman–Crippen LogP) is 11.0. The molecule has 7 aromatic carbocycles. The minimum absolute atomic E-state index is 0.111. The highest BCUT2D eigenvalue weighted by Crippen LogP contribution is 2.39. The van der Waals surface area contributed by atoms with Crippen LogP contribution < -0.4 is 16.4 Å². The highest BCUT2D eigenvalue weighted by molar-refractivity contribution is 6.95. The Labute approximate surface area is 303 Å². The van der Waals surface area contributed by atoms with E-state index in [1.54, 1.807) is 0 Å². The van der Waals surface area contributed by atoms with E-state index in [9.17, 15) is 0 Å². The predicted molar refractivity (Wildman–Crippen MR) is 223 cm³/mol.